The van der Waals surface area contributed by atoms with Crippen molar-refractivity contribution in [1.29, 1.82) is 0 Å². The Bertz CT molecular complexity index is 253. The van der Waals surface area contributed by atoms with Crippen molar-refractivity contribution in [2.45, 2.75) is 40.2 Å². The van der Waals surface area contributed by atoms with Gasteiger partial charge in [-0.1, -0.05) is 13.3 Å². The summed E-state index contributed by atoms with van der Waals surface area (Å²) in [4.78, 5) is 4.41. The Hall–Kier alpha value is -0.990. The molecule has 1 rings (SSSR count). The Kier molecular flexibility index (Phi) is 3.80. The number of hydrogen-bond donors (Lipinski definition) is 1. The molecule has 1 aromatic rings. The SMILES string of the molecule is CCCCn1cc(C)nc1NCC. The summed E-state index contributed by atoms with van der Waals surface area (Å²) >= 11 is 0. The van der Waals surface area contributed by atoms with Crippen LogP contribution in [0.4, 0.5) is 5.95 Å². The lowest BCUT2D eigenvalue weighted by Crippen LogP contribution is -2.06. The molecule has 0 radical (unpaired) electrons. The lowest BCUT2D eigenvalue weighted by molar-refractivity contribution is 0.635. The van der Waals surface area contributed by atoms with E-state index in [0.29, 0.717) is 0 Å². The third kappa shape index (κ3) is 2.76. The second-order valence-electron chi connectivity index (χ2n) is 3.28. The largest absolute Gasteiger partial charge is 0.356 e. The van der Waals surface area contributed by atoms with Crippen LogP contribution in [-0.4, -0.2) is 16.1 Å². The molecule has 1 N–H and O–H groups in total. The van der Waals surface area contributed by atoms with Crippen molar-refractivity contribution >= 4 is 5.95 Å². The maximum Gasteiger partial charge on any atom is 0.203 e. The second kappa shape index (κ2) is 4.90. The average Bonchev–Trinajstić information content (AvgIpc) is 2.44. The molecule has 3 heteroatoms. The van der Waals surface area contributed by atoms with Crippen molar-refractivity contribution in [3.8, 4) is 0 Å². The van der Waals surface area contributed by atoms with Crippen LogP contribution in [0.3, 0.4) is 0 Å². The molecule has 0 saturated carbocycles. The van der Waals surface area contributed by atoms with Gasteiger partial charge in [-0.3, -0.25) is 0 Å². The number of anilines is 1. The van der Waals surface area contributed by atoms with E-state index in [4.69, 9.17) is 0 Å². The van der Waals surface area contributed by atoms with E-state index in [1.807, 2.05) is 6.92 Å². The van der Waals surface area contributed by atoms with Crippen LogP contribution in [0.5, 0.6) is 0 Å². The third-order valence-corrected chi connectivity index (χ3v) is 1.98. The van der Waals surface area contributed by atoms with Crippen molar-refractivity contribution in [2.24, 2.45) is 0 Å². The van der Waals surface area contributed by atoms with Crippen LogP contribution in [0.2, 0.25) is 0 Å². The molecule has 0 aromatic carbocycles. The zero-order chi connectivity index (χ0) is 9.68. The molecule has 0 atom stereocenters. The highest BCUT2D eigenvalue weighted by Crippen LogP contribution is 2.09. The first-order valence-corrected chi connectivity index (χ1v) is 5.05. The molecule has 0 unspecified atom stereocenters. The molecule has 0 saturated heterocycles. The van der Waals surface area contributed by atoms with E-state index in [1.54, 1.807) is 0 Å². The number of rotatable bonds is 5. The van der Waals surface area contributed by atoms with Gasteiger partial charge in [0.1, 0.15) is 0 Å². The van der Waals surface area contributed by atoms with Gasteiger partial charge in [0.15, 0.2) is 0 Å². The highest BCUT2D eigenvalue weighted by molar-refractivity contribution is 5.28. The number of imidazole rings is 1. The molecule has 1 heterocycles. The first-order valence-electron chi connectivity index (χ1n) is 5.05. The van der Waals surface area contributed by atoms with Crippen molar-refractivity contribution in [2.75, 3.05) is 11.9 Å². The molecule has 1 aromatic heterocycles. The zero-order valence-corrected chi connectivity index (χ0v) is 8.80. The van der Waals surface area contributed by atoms with E-state index >= 15 is 0 Å². The lowest BCUT2D eigenvalue weighted by Gasteiger charge is -2.06. The van der Waals surface area contributed by atoms with E-state index < -0.39 is 0 Å². The first-order chi connectivity index (χ1) is 6.27. The van der Waals surface area contributed by atoms with E-state index in [1.165, 1.54) is 12.8 Å². The minimum Gasteiger partial charge on any atom is -0.356 e. The highest BCUT2D eigenvalue weighted by atomic mass is 15.2. The lowest BCUT2D eigenvalue weighted by atomic mass is 10.3. The molecule has 0 amide bonds. The van der Waals surface area contributed by atoms with Crippen molar-refractivity contribution in [3.63, 3.8) is 0 Å². The Morgan fingerprint density at radius 2 is 2.23 bits per heavy atom. The quantitative estimate of drug-likeness (QED) is 0.756. The smallest absolute Gasteiger partial charge is 0.203 e. The van der Waals surface area contributed by atoms with Gasteiger partial charge in [0.05, 0.1) is 5.69 Å². The van der Waals surface area contributed by atoms with E-state index in [-0.39, 0.29) is 0 Å². The Morgan fingerprint density at radius 3 is 2.85 bits per heavy atom. The molecule has 3 nitrogen and oxygen atoms in total. The maximum atomic E-state index is 4.41. The maximum absolute atomic E-state index is 4.41. The second-order valence-corrected chi connectivity index (χ2v) is 3.28. The summed E-state index contributed by atoms with van der Waals surface area (Å²) in [5.74, 6) is 1.01. The van der Waals surface area contributed by atoms with E-state index in [0.717, 1.165) is 24.7 Å². The Morgan fingerprint density at radius 1 is 1.46 bits per heavy atom. The normalized spacial score (nSPS) is 10.4. The summed E-state index contributed by atoms with van der Waals surface area (Å²) in [6.07, 6.45) is 4.55. The molecular formula is C10H19N3. The van der Waals surface area contributed by atoms with Crippen molar-refractivity contribution in [3.05, 3.63) is 11.9 Å². The summed E-state index contributed by atoms with van der Waals surface area (Å²) < 4.78 is 2.20. The first kappa shape index (κ1) is 10.1. The predicted octanol–water partition coefficient (Wildman–Crippen LogP) is 2.42. The van der Waals surface area contributed by atoms with E-state index in [9.17, 15) is 0 Å². The number of nitrogens with one attached hydrogen (secondary N) is 1. The van der Waals surface area contributed by atoms with Gasteiger partial charge >= 0.3 is 0 Å². The van der Waals surface area contributed by atoms with Gasteiger partial charge < -0.3 is 9.88 Å². The van der Waals surface area contributed by atoms with Gasteiger partial charge in [-0.25, -0.2) is 4.98 Å². The van der Waals surface area contributed by atoms with Crippen LogP contribution in [0.1, 0.15) is 32.4 Å². The minimum atomic E-state index is 0.933. The van der Waals surface area contributed by atoms with Crippen molar-refractivity contribution in [1.82, 2.24) is 9.55 Å². The molecule has 0 fully saturated rings. The standard InChI is InChI=1S/C10H19N3/c1-4-6-7-13-8-9(3)12-10(13)11-5-2/h8H,4-7H2,1-3H3,(H,11,12). The predicted molar refractivity (Wildman–Crippen MR) is 56.0 cm³/mol. The van der Waals surface area contributed by atoms with Gasteiger partial charge in [0.25, 0.3) is 0 Å². The summed E-state index contributed by atoms with van der Waals surface area (Å²) in [5.41, 5.74) is 1.09. The number of unbranched alkanes of at least 4 members (excludes halogenated alkanes) is 1. The minimum absolute atomic E-state index is 0.933. The molecule has 13 heavy (non-hydrogen) atoms. The van der Waals surface area contributed by atoms with Crippen LogP contribution in [0.25, 0.3) is 0 Å². The zero-order valence-electron chi connectivity index (χ0n) is 8.80. The molecule has 0 aliphatic heterocycles. The molecule has 0 aliphatic rings. The third-order valence-electron chi connectivity index (χ3n) is 1.98. The van der Waals surface area contributed by atoms with Gasteiger partial charge in [-0.05, 0) is 20.3 Å². The topological polar surface area (TPSA) is 29.9 Å². The summed E-state index contributed by atoms with van der Waals surface area (Å²) in [6, 6.07) is 0. The van der Waals surface area contributed by atoms with Gasteiger partial charge in [-0.2, -0.15) is 0 Å². The van der Waals surface area contributed by atoms with Crippen LogP contribution >= 0.6 is 0 Å². The Labute approximate surface area is 80.2 Å². The summed E-state index contributed by atoms with van der Waals surface area (Å²) in [7, 11) is 0. The molecule has 74 valence electrons. The average molecular weight is 181 g/mol. The monoisotopic (exact) mass is 181 g/mol. The van der Waals surface area contributed by atoms with Gasteiger partial charge in [0.2, 0.25) is 5.95 Å². The number of hydrogen-bond acceptors (Lipinski definition) is 2. The van der Waals surface area contributed by atoms with Gasteiger partial charge in [-0.15, -0.1) is 0 Å². The van der Waals surface area contributed by atoms with Crippen LogP contribution in [0, 0.1) is 6.92 Å². The fourth-order valence-corrected chi connectivity index (χ4v) is 1.34. The number of nitrogens with zero attached hydrogens (tertiary/aromatic N) is 2. The molecule has 0 spiro atoms. The summed E-state index contributed by atoms with van der Waals surface area (Å²) in [6.45, 7) is 8.33. The fourth-order valence-electron chi connectivity index (χ4n) is 1.34. The van der Waals surface area contributed by atoms with Crippen LogP contribution < -0.4 is 5.32 Å². The van der Waals surface area contributed by atoms with Crippen LogP contribution in [0.15, 0.2) is 6.20 Å². The molecular weight excluding hydrogens is 162 g/mol. The van der Waals surface area contributed by atoms with Gasteiger partial charge in [0, 0.05) is 19.3 Å². The van der Waals surface area contributed by atoms with Crippen molar-refractivity contribution < 1.29 is 0 Å². The molecule has 0 aliphatic carbocycles. The number of aryl methyl sites for hydroxylation is 2. The Balaban J connectivity index is 2.66. The highest BCUT2D eigenvalue weighted by Gasteiger charge is 2.02. The molecule has 0 bridgehead atoms. The number of aromatic nitrogens is 2. The van der Waals surface area contributed by atoms with E-state index in [2.05, 4.69) is 34.9 Å². The fraction of sp³-hybridized carbons (Fsp3) is 0.700. The van der Waals surface area contributed by atoms with Crippen LogP contribution in [-0.2, 0) is 6.54 Å². The summed E-state index contributed by atoms with van der Waals surface area (Å²) in [5, 5.41) is 3.26.